The van der Waals surface area contributed by atoms with E-state index in [1.807, 2.05) is 0 Å². The van der Waals surface area contributed by atoms with Crippen LogP contribution >= 0.6 is 0 Å². The number of benzene rings is 2. The Balaban J connectivity index is 1.56. The molecule has 3 rings (SSSR count). The fourth-order valence-electron chi connectivity index (χ4n) is 17.1. The molecule has 0 amide bonds. The fraction of sp³-hybridized carbons (Fsp3) is 0.840. The van der Waals surface area contributed by atoms with Crippen LogP contribution in [0.15, 0.2) is 47.5 Å². The normalized spacial score (nSPS) is 12.7. The topological polar surface area (TPSA) is 25.3 Å². The third kappa shape index (κ3) is 51.0. The molecule has 2 aromatic carbocycles. The first-order valence-electron chi connectivity index (χ1n) is 47.7. The molecule has 0 saturated carbocycles. The Morgan fingerprint density at radius 3 is 0.451 bits per heavy atom. The minimum Gasteiger partial charge on any atom is -0.493 e. The van der Waals surface area contributed by atoms with Gasteiger partial charge >= 0.3 is 0 Å². The molecular weight excluding hydrogens is 1230 g/mol. The molecule has 2 nitrogen and oxygen atoms in total. The van der Waals surface area contributed by atoms with Gasteiger partial charge in [-0.25, -0.2) is 4.70 Å². The molecule has 1 aliphatic rings. The molecule has 0 N–H and O–H groups in total. The zero-order valence-corrected chi connectivity index (χ0v) is 70.5. The lowest BCUT2D eigenvalue weighted by atomic mass is 9.89. The van der Waals surface area contributed by atoms with Gasteiger partial charge in [-0.2, -0.15) is 0 Å². The third-order valence-corrected chi connectivity index (χ3v) is 23.8. The van der Waals surface area contributed by atoms with E-state index in [0.29, 0.717) is 0 Å². The van der Waals surface area contributed by atoms with Crippen LogP contribution in [-0.2, 0) is 25.7 Å². The van der Waals surface area contributed by atoms with E-state index in [4.69, 9.17) is 0 Å². The molecule has 0 spiro atoms. The second kappa shape index (κ2) is 71.4. The molecular formula is C100H180N2. The van der Waals surface area contributed by atoms with Crippen LogP contribution in [0.3, 0.4) is 0 Å². The van der Waals surface area contributed by atoms with Gasteiger partial charge in [0.2, 0.25) is 11.4 Å². The maximum Gasteiger partial charge on any atom is 0.211 e. The van der Waals surface area contributed by atoms with Crippen molar-refractivity contribution in [1.82, 2.24) is 0 Å². The van der Waals surface area contributed by atoms with E-state index in [2.05, 4.69) is 77.9 Å². The van der Waals surface area contributed by atoms with Crippen molar-refractivity contribution in [2.45, 2.75) is 542 Å². The Morgan fingerprint density at radius 2 is 0.294 bits per heavy atom. The lowest BCUT2D eigenvalue weighted by Crippen LogP contribution is -2.05. The van der Waals surface area contributed by atoms with Crippen LogP contribution in [0, 0.1) is 0 Å². The van der Waals surface area contributed by atoms with Gasteiger partial charge in [0.1, 0.15) is 0 Å². The molecule has 2 aromatic rings. The van der Waals surface area contributed by atoms with E-state index in [1.54, 1.807) is 4.70 Å². The predicted octanol–water partition coefficient (Wildman–Crippen LogP) is 36.0. The third-order valence-electron chi connectivity index (χ3n) is 23.8. The molecule has 1 heterocycles. The Labute approximate surface area is 641 Å². The van der Waals surface area contributed by atoms with Gasteiger partial charge in [0.25, 0.3) is 0 Å². The molecule has 0 atom stereocenters. The smallest absolute Gasteiger partial charge is 0.211 e. The summed E-state index contributed by atoms with van der Waals surface area (Å²) in [4.78, 5) is 0. The van der Waals surface area contributed by atoms with Gasteiger partial charge in [0.05, 0.1) is 0 Å². The largest absolute Gasteiger partial charge is 0.493 e. The summed E-state index contributed by atoms with van der Waals surface area (Å²) in [6.07, 6.45) is 108. The Bertz CT molecular complexity index is 2220. The van der Waals surface area contributed by atoms with Crippen LogP contribution in [0.25, 0.3) is 16.9 Å². The van der Waals surface area contributed by atoms with Gasteiger partial charge in [0.15, 0.2) is 0 Å². The van der Waals surface area contributed by atoms with Crippen LogP contribution in [-0.4, -0.2) is 4.70 Å². The van der Waals surface area contributed by atoms with Crippen molar-refractivity contribution in [3.05, 3.63) is 86.5 Å². The summed E-state index contributed by atoms with van der Waals surface area (Å²) in [5, 5.41) is 0. The van der Waals surface area contributed by atoms with Crippen molar-refractivity contribution in [2.24, 2.45) is 0 Å². The van der Waals surface area contributed by atoms with E-state index >= 15 is 0 Å². The van der Waals surface area contributed by atoms with Gasteiger partial charge in [0, 0.05) is 22.3 Å². The highest BCUT2D eigenvalue weighted by Gasteiger charge is 2.36. The van der Waals surface area contributed by atoms with Gasteiger partial charge < -0.3 is 5.53 Å². The van der Waals surface area contributed by atoms with Crippen LogP contribution in [0.5, 0.6) is 0 Å². The first kappa shape index (κ1) is 93.7. The van der Waals surface area contributed by atoms with Gasteiger partial charge in [-0.3, -0.25) is 0 Å². The Morgan fingerprint density at radius 1 is 0.167 bits per heavy atom. The molecule has 0 fully saturated rings. The standard InChI is InChI=1S/C100H180N2/c1-7-13-19-25-28-30-32-34-36-38-40-42-44-46-48-50-52-54-56-58-60-62-64-66-68-70-75-81-93-85-91(79-73-22-16-10-4)87-95(89-93)99-97(83-77-24-18-12-6)98(84-78-72-27-21-15-9-3)100(102(99)101)96-88-92(80-74-23-17-11-5)86-94(90-96)82-76-71-69-67-65-63-61-59-57-55-53-51-49-47-45-43-41-39-37-35-33-31-29-26-20-14-8-2/h85-90H,7-84H2,1-6H3. The lowest BCUT2D eigenvalue weighted by molar-refractivity contribution is -0.345. The first-order chi connectivity index (χ1) is 50.5. The van der Waals surface area contributed by atoms with Crippen LogP contribution < -0.4 is 0 Å². The molecule has 102 heavy (non-hydrogen) atoms. The summed E-state index contributed by atoms with van der Waals surface area (Å²) in [5.74, 6) is 0. The number of rotatable bonds is 80. The molecule has 2 heteroatoms. The van der Waals surface area contributed by atoms with E-state index in [-0.39, 0.29) is 0 Å². The predicted molar refractivity (Wildman–Crippen MR) is 461 cm³/mol. The van der Waals surface area contributed by atoms with Crippen molar-refractivity contribution in [1.29, 1.82) is 0 Å². The van der Waals surface area contributed by atoms with Crippen LogP contribution in [0.4, 0.5) is 0 Å². The average molecular weight is 1410 g/mol. The van der Waals surface area contributed by atoms with Gasteiger partial charge in [-0.15, -0.1) is 0 Å². The van der Waals surface area contributed by atoms with Crippen molar-refractivity contribution in [3.8, 4) is 0 Å². The maximum atomic E-state index is 13.3. The summed E-state index contributed by atoms with van der Waals surface area (Å²) in [7, 11) is 0. The molecule has 0 aromatic heterocycles. The molecule has 0 saturated heterocycles. The summed E-state index contributed by atoms with van der Waals surface area (Å²) >= 11 is 0. The number of hydrogen-bond donors (Lipinski definition) is 0. The summed E-state index contributed by atoms with van der Waals surface area (Å²) < 4.78 is 1.78. The maximum absolute atomic E-state index is 13.3. The second-order valence-corrected chi connectivity index (χ2v) is 33.9. The zero-order chi connectivity index (χ0) is 72.7. The lowest BCUT2D eigenvalue weighted by Gasteiger charge is -2.15. The van der Waals surface area contributed by atoms with Crippen molar-refractivity contribution >= 4 is 11.4 Å². The average Bonchev–Trinajstić information content (AvgIpc) is 1.60. The zero-order valence-electron chi connectivity index (χ0n) is 70.5. The molecule has 0 aliphatic carbocycles. The molecule has 1 aliphatic heterocycles. The quantitative estimate of drug-likeness (QED) is 0.0466. The van der Waals surface area contributed by atoms with Crippen LogP contribution in [0.2, 0.25) is 0 Å². The monoisotopic (exact) mass is 1410 g/mol. The number of hydrogen-bond acceptors (Lipinski definition) is 0. The number of aryl methyl sites for hydroxylation is 4. The number of nitrogens with zero attached hydrogens (tertiary/aromatic N) is 2. The van der Waals surface area contributed by atoms with E-state index in [1.165, 1.54) is 507 Å². The van der Waals surface area contributed by atoms with E-state index in [0.717, 1.165) is 49.9 Å². The van der Waals surface area contributed by atoms with Crippen molar-refractivity contribution in [3.63, 3.8) is 0 Å². The minimum atomic E-state index is 1.06. The Hall–Kier alpha value is -2.48. The number of unbranched alkanes of at least 4 members (excludes halogenated alkanes) is 66. The summed E-state index contributed by atoms with van der Waals surface area (Å²) in [6.45, 7) is 14.0. The van der Waals surface area contributed by atoms with Crippen molar-refractivity contribution < 1.29 is 4.70 Å². The number of allylic oxidation sites excluding steroid dienone is 2. The molecule has 0 unspecified atom stereocenters. The minimum absolute atomic E-state index is 1.06. The van der Waals surface area contributed by atoms with E-state index < -0.39 is 0 Å². The fourth-order valence-corrected chi connectivity index (χ4v) is 17.1. The molecule has 0 bridgehead atoms. The van der Waals surface area contributed by atoms with Gasteiger partial charge in [-0.1, -0.05) is 477 Å². The first-order valence-corrected chi connectivity index (χ1v) is 47.7. The van der Waals surface area contributed by atoms with Crippen molar-refractivity contribution in [2.75, 3.05) is 0 Å². The van der Waals surface area contributed by atoms with Crippen LogP contribution in [0.1, 0.15) is 550 Å². The Kier molecular flexibility index (Phi) is 65.6. The van der Waals surface area contributed by atoms with E-state index in [9.17, 15) is 5.53 Å². The molecule has 590 valence electrons. The summed E-state index contributed by atoms with van der Waals surface area (Å²) in [5.41, 5.74) is 27.0. The molecule has 0 radical (unpaired) electrons. The summed E-state index contributed by atoms with van der Waals surface area (Å²) in [6, 6.07) is 15.3. The SMILES string of the molecule is CCCCCCCCCCCCCCCCCCCCCCCCCCCCCc1cc(CCCCCC)cc(C2=C(CCCCCC)C(CCCCCCCC)=C(c3cc(CCCCCC)cc(CCCCCCCCCCCCCCCCCCCCCCCCCCCCC)c3)[N+]2=[N-])c1. The highest BCUT2D eigenvalue weighted by Crippen LogP contribution is 2.46. The highest BCUT2D eigenvalue weighted by atomic mass is 15.2. The second-order valence-electron chi connectivity index (χ2n) is 33.9. The van der Waals surface area contributed by atoms with Gasteiger partial charge in [-0.05, 0) is 124 Å². The highest BCUT2D eigenvalue weighted by molar-refractivity contribution is 5.82.